The third kappa shape index (κ3) is 3.73. The van der Waals surface area contributed by atoms with Crippen molar-refractivity contribution in [2.24, 2.45) is 5.92 Å². The molecule has 2 fully saturated rings. The van der Waals surface area contributed by atoms with Gasteiger partial charge in [-0.25, -0.2) is 0 Å². The SMILES string of the molecule is CN(C(=O)c1ccc(N2CC3CC(C2)c2cccc(=O)n2C3)c(N)c1)C1CCCCC1. The van der Waals surface area contributed by atoms with Crippen molar-refractivity contribution in [2.45, 2.75) is 57.0 Å². The Hall–Kier alpha value is -2.76. The summed E-state index contributed by atoms with van der Waals surface area (Å²) in [5.74, 6) is 0.831. The van der Waals surface area contributed by atoms with Crippen LogP contribution in [0.5, 0.6) is 0 Å². The highest BCUT2D eigenvalue weighted by Gasteiger charge is 2.35. The molecule has 0 radical (unpaired) electrons. The first-order valence-electron chi connectivity index (χ1n) is 11.6. The normalized spacial score (nSPS) is 23.3. The Kier molecular flexibility index (Phi) is 5.24. The predicted octanol–water partition coefficient (Wildman–Crippen LogP) is 3.46. The molecule has 6 nitrogen and oxygen atoms in total. The summed E-state index contributed by atoms with van der Waals surface area (Å²) < 4.78 is 1.95. The van der Waals surface area contributed by atoms with Gasteiger partial charge in [0.05, 0.1) is 11.4 Å². The molecule has 2 aromatic rings. The summed E-state index contributed by atoms with van der Waals surface area (Å²) in [6, 6.07) is 11.7. The maximum Gasteiger partial charge on any atom is 0.253 e. The van der Waals surface area contributed by atoms with Gasteiger partial charge in [-0.3, -0.25) is 9.59 Å². The summed E-state index contributed by atoms with van der Waals surface area (Å²) in [5, 5.41) is 0. The highest BCUT2D eigenvalue weighted by molar-refractivity contribution is 5.96. The predicted molar refractivity (Wildman–Crippen MR) is 124 cm³/mol. The quantitative estimate of drug-likeness (QED) is 0.772. The van der Waals surface area contributed by atoms with Crippen LogP contribution in [0.25, 0.3) is 0 Å². The average molecular weight is 421 g/mol. The van der Waals surface area contributed by atoms with Gasteiger partial charge >= 0.3 is 0 Å². The third-order valence-corrected chi connectivity index (χ3v) is 7.54. The molecule has 6 heteroatoms. The first-order valence-corrected chi connectivity index (χ1v) is 11.6. The lowest BCUT2D eigenvalue weighted by molar-refractivity contribution is 0.0696. The van der Waals surface area contributed by atoms with Crippen LogP contribution in [0.3, 0.4) is 0 Å². The van der Waals surface area contributed by atoms with Gasteiger partial charge in [0.1, 0.15) is 0 Å². The molecule has 2 unspecified atom stereocenters. The van der Waals surface area contributed by atoms with E-state index >= 15 is 0 Å². The zero-order valence-corrected chi connectivity index (χ0v) is 18.3. The van der Waals surface area contributed by atoms with Gasteiger partial charge in [0.15, 0.2) is 0 Å². The first-order chi connectivity index (χ1) is 15.0. The van der Waals surface area contributed by atoms with E-state index in [4.69, 9.17) is 5.73 Å². The second-order valence-corrected chi connectivity index (χ2v) is 9.58. The number of nitrogens with two attached hydrogens (primary N) is 1. The number of aromatic nitrogens is 1. The maximum atomic E-state index is 13.0. The molecule has 1 amide bonds. The van der Waals surface area contributed by atoms with Crippen LogP contribution in [-0.4, -0.2) is 41.6 Å². The number of hydrogen-bond donors (Lipinski definition) is 1. The van der Waals surface area contributed by atoms with Crippen LogP contribution in [0.15, 0.2) is 41.2 Å². The van der Waals surface area contributed by atoms with Crippen LogP contribution >= 0.6 is 0 Å². The van der Waals surface area contributed by atoms with E-state index in [1.807, 2.05) is 40.8 Å². The third-order valence-electron chi connectivity index (χ3n) is 7.54. The van der Waals surface area contributed by atoms with Crippen molar-refractivity contribution in [3.05, 3.63) is 58.0 Å². The number of pyridine rings is 1. The van der Waals surface area contributed by atoms with Crippen molar-refractivity contribution < 1.29 is 4.79 Å². The number of piperidine rings is 1. The molecule has 2 aliphatic heterocycles. The van der Waals surface area contributed by atoms with E-state index in [0.29, 0.717) is 29.1 Å². The standard InChI is InChI=1S/C25H32N4O2/c1-27(20-6-3-2-4-7-20)25(31)18-10-11-23(21(26)13-18)28-14-17-12-19(16-28)22-8-5-9-24(30)29(22)15-17/h5,8-11,13,17,19-20H,2-4,6-7,12,14-16,26H2,1H3. The van der Waals surface area contributed by atoms with E-state index in [1.165, 1.54) is 19.3 Å². The topological polar surface area (TPSA) is 71.6 Å². The minimum absolute atomic E-state index is 0.0639. The summed E-state index contributed by atoms with van der Waals surface area (Å²) in [5.41, 5.74) is 10.0. The summed E-state index contributed by atoms with van der Waals surface area (Å²) in [6.45, 7) is 2.50. The highest BCUT2D eigenvalue weighted by Crippen LogP contribution is 2.38. The minimum atomic E-state index is 0.0639. The van der Waals surface area contributed by atoms with Crippen molar-refractivity contribution in [2.75, 3.05) is 30.8 Å². The summed E-state index contributed by atoms with van der Waals surface area (Å²) >= 11 is 0. The van der Waals surface area contributed by atoms with Crippen LogP contribution in [0.1, 0.15) is 60.5 Å². The molecule has 164 valence electrons. The molecule has 5 rings (SSSR count). The van der Waals surface area contributed by atoms with Crippen LogP contribution < -0.4 is 16.2 Å². The van der Waals surface area contributed by atoms with Crippen molar-refractivity contribution in [3.63, 3.8) is 0 Å². The molecular weight excluding hydrogens is 388 g/mol. The Morgan fingerprint density at radius 1 is 1.06 bits per heavy atom. The largest absolute Gasteiger partial charge is 0.397 e. The Bertz CT molecular complexity index is 1040. The fourth-order valence-corrected chi connectivity index (χ4v) is 5.91. The lowest BCUT2D eigenvalue weighted by Gasteiger charge is -2.44. The molecule has 1 aromatic heterocycles. The van der Waals surface area contributed by atoms with Crippen LogP contribution in [-0.2, 0) is 6.54 Å². The summed E-state index contributed by atoms with van der Waals surface area (Å²) in [7, 11) is 1.92. The number of carbonyl (C=O) groups is 1. The minimum Gasteiger partial charge on any atom is -0.397 e. The van der Waals surface area contributed by atoms with Crippen LogP contribution in [0.4, 0.5) is 11.4 Å². The van der Waals surface area contributed by atoms with Crippen molar-refractivity contribution in [3.8, 4) is 0 Å². The zero-order valence-electron chi connectivity index (χ0n) is 18.3. The molecular formula is C25H32N4O2. The summed E-state index contributed by atoms with van der Waals surface area (Å²) in [6.07, 6.45) is 6.99. The number of anilines is 2. The molecule has 2 atom stereocenters. The Balaban J connectivity index is 1.35. The van der Waals surface area contributed by atoms with E-state index in [1.54, 1.807) is 6.07 Å². The number of carbonyl (C=O) groups excluding carboxylic acids is 1. The van der Waals surface area contributed by atoms with Gasteiger partial charge in [0.2, 0.25) is 0 Å². The van der Waals surface area contributed by atoms with Gasteiger partial charge in [-0.1, -0.05) is 25.3 Å². The summed E-state index contributed by atoms with van der Waals surface area (Å²) in [4.78, 5) is 29.6. The van der Waals surface area contributed by atoms with Crippen molar-refractivity contribution >= 4 is 17.3 Å². The van der Waals surface area contributed by atoms with Crippen molar-refractivity contribution in [1.82, 2.24) is 9.47 Å². The second-order valence-electron chi connectivity index (χ2n) is 9.58. The molecule has 1 aromatic carbocycles. The number of amides is 1. The van der Waals surface area contributed by atoms with Crippen LogP contribution in [0.2, 0.25) is 0 Å². The number of fused-ring (bicyclic) bond motifs is 4. The van der Waals surface area contributed by atoms with Gasteiger partial charge < -0.3 is 20.1 Å². The second kappa shape index (κ2) is 8.06. The van der Waals surface area contributed by atoms with Crippen molar-refractivity contribution in [1.29, 1.82) is 0 Å². The van der Waals surface area contributed by atoms with Crippen LogP contribution in [0, 0.1) is 5.92 Å². The smallest absolute Gasteiger partial charge is 0.253 e. The number of hydrogen-bond acceptors (Lipinski definition) is 4. The fraction of sp³-hybridized carbons (Fsp3) is 0.520. The molecule has 2 N–H and O–H groups in total. The number of benzene rings is 1. The van der Waals surface area contributed by atoms with Gasteiger partial charge in [0, 0.05) is 56.0 Å². The zero-order chi connectivity index (χ0) is 21.5. The number of nitrogens with zero attached hydrogens (tertiary/aromatic N) is 3. The average Bonchev–Trinajstić information content (AvgIpc) is 2.79. The molecule has 3 aliphatic rings. The molecule has 0 spiro atoms. The Labute approximate surface area is 183 Å². The van der Waals surface area contributed by atoms with Gasteiger partial charge in [-0.15, -0.1) is 0 Å². The Morgan fingerprint density at radius 3 is 2.65 bits per heavy atom. The monoisotopic (exact) mass is 420 g/mol. The molecule has 1 saturated heterocycles. The van der Waals surface area contributed by atoms with E-state index in [9.17, 15) is 9.59 Å². The maximum absolute atomic E-state index is 13.0. The van der Waals surface area contributed by atoms with E-state index < -0.39 is 0 Å². The molecule has 2 bridgehead atoms. The van der Waals surface area contributed by atoms with Gasteiger partial charge in [0.25, 0.3) is 11.5 Å². The fourth-order valence-electron chi connectivity index (χ4n) is 5.91. The van der Waals surface area contributed by atoms with E-state index in [2.05, 4.69) is 11.0 Å². The molecule has 1 saturated carbocycles. The Morgan fingerprint density at radius 2 is 1.87 bits per heavy atom. The van der Waals surface area contributed by atoms with E-state index in [0.717, 1.165) is 50.3 Å². The lowest BCUT2D eigenvalue weighted by Crippen LogP contribution is -2.47. The van der Waals surface area contributed by atoms with E-state index in [-0.39, 0.29) is 11.5 Å². The van der Waals surface area contributed by atoms with Gasteiger partial charge in [-0.2, -0.15) is 0 Å². The number of nitrogen functional groups attached to an aromatic ring is 1. The number of rotatable bonds is 3. The molecule has 31 heavy (non-hydrogen) atoms. The molecule has 1 aliphatic carbocycles. The van der Waals surface area contributed by atoms with Gasteiger partial charge in [-0.05, 0) is 49.4 Å². The first kappa shape index (κ1) is 20.2. The highest BCUT2D eigenvalue weighted by atomic mass is 16.2. The lowest BCUT2D eigenvalue weighted by atomic mass is 9.83. The molecule has 3 heterocycles.